The van der Waals surface area contributed by atoms with Crippen molar-refractivity contribution in [2.45, 2.75) is 26.3 Å². The first-order valence-electron chi connectivity index (χ1n) is 10.7. The summed E-state index contributed by atoms with van der Waals surface area (Å²) in [7, 11) is 3.74. The zero-order valence-electron chi connectivity index (χ0n) is 18.9. The van der Waals surface area contributed by atoms with E-state index in [0.717, 1.165) is 6.42 Å². The van der Waals surface area contributed by atoms with Crippen LogP contribution in [0.25, 0.3) is 5.76 Å². The van der Waals surface area contributed by atoms with Gasteiger partial charge in [0.1, 0.15) is 17.3 Å². The number of carbonyl (C=O) groups is 2. The fraction of sp³-hybridized carbons (Fsp3) is 0.360. The molecule has 32 heavy (non-hydrogen) atoms. The van der Waals surface area contributed by atoms with Crippen LogP contribution in [0.3, 0.4) is 0 Å². The van der Waals surface area contributed by atoms with Crippen LogP contribution in [-0.4, -0.2) is 60.4 Å². The lowest BCUT2D eigenvalue weighted by molar-refractivity contribution is -0.140. The van der Waals surface area contributed by atoms with Gasteiger partial charge in [-0.3, -0.25) is 9.59 Å². The van der Waals surface area contributed by atoms with Gasteiger partial charge in [0.2, 0.25) is 0 Å². The van der Waals surface area contributed by atoms with Crippen molar-refractivity contribution in [1.29, 1.82) is 0 Å². The summed E-state index contributed by atoms with van der Waals surface area (Å²) in [6.07, 6.45) is 0.870. The number of aliphatic hydroxyl groups is 1. The van der Waals surface area contributed by atoms with Crippen molar-refractivity contribution < 1.29 is 23.8 Å². The molecule has 0 aromatic heterocycles. The molecule has 2 aromatic carbocycles. The Labute approximate surface area is 187 Å². The van der Waals surface area contributed by atoms with Gasteiger partial charge in [-0.25, -0.2) is 4.39 Å². The number of likely N-dealkylation sites (N-methyl/N-ethyl adjacent to an activating group) is 1. The number of aliphatic hydroxyl groups excluding tert-OH is 1. The smallest absolute Gasteiger partial charge is 0.295 e. The van der Waals surface area contributed by atoms with Crippen LogP contribution in [0.15, 0.2) is 48.0 Å². The monoisotopic (exact) mass is 440 g/mol. The SMILES string of the molecule is CCCOc1ccc(/C(O)=C2/C(=O)C(=O)N(CCN(C)C)C2c2ccc(F)cc2)c(C)c1. The lowest BCUT2D eigenvalue weighted by Gasteiger charge is -2.26. The summed E-state index contributed by atoms with van der Waals surface area (Å²) in [6, 6.07) is 10.1. The van der Waals surface area contributed by atoms with Crippen LogP contribution < -0.4 is 4.74 Å². The van der Waals surface area contributed by atoms with Gasteiger partial charge < -0.3 is 19.6 Å². The molecule has 1 unspecified atom stereocenters. The predicted molar refractivity (Wildman–Crippen MR) is 121 cm³/mol. The maximum atomic E-state index is 13.6. The van der Waals surface area contributed by atoms with Crippen molar-refractivity contribution in [3.63, 3.8) is 0 Å². The number of halogens is 1. The van der Waals surface area contributed by atoms with Crippen LogP contribution in [0.4, 0.5) is 4.39 Å². The van der Waals surface area contributed by atoms with Crippen molar-refractivity contribution >= 4 is 17.4 Å². The molecular formula is C25H29FN2O4. The van der Waals surface area contributed by atoms with E-state index >= 15 is 0 Å². The minimum atomic E-state index is -0.800. The summed E-state index contributed by atoms with van der Waals surface area (Å²) < 4.78 is 19.2. The second kappa shape index (κ2) is 9.96. The molecule has 1 saturated heterocycles. The van der Waals surface area contributed by atoms with Crippen LogP contribution in [0.2, 0.25) is 0 Å². The van der Waals surface area contributed by atoms with Gasteiger partial charge in [0.15, 0.2) is 0 Å². The molecule has 0 radical (unpaired) electrons. The van der Waals surface area contributed by atoms with Crippen LogP contribution >= 0.6 is 0 Å². The molecule has 0 bridgehead atoms. The van der Waals surface area contributed by atoms with Gasteiger partial charge in [-0.05, 0) is 68.9 Å². The van der Waals surface area contributed by atoms with Crippen molar-refractivity contribution in [2.24, 2.45) is 0 Å². The fourth-order valence-electron chi connectivity index (χ4n) is 3.77. The van der Waals surface area contributed by atoms with E-state index in [1.165, 1.54) is 29.2 Å². The average Bonchev–Trinajstić information content (AvgIpc) is 3.01. The summed E-state index contributed by atoms with van der Waals surface area (Å²) in [5, 5.41) is 11.2. The normalized spacial score (nSPS) is 17.9. The molecule has 2 aromatic rings. The number of ketones is 1. The largest absolute Gasteiger partial charge is 0.507 e. The Bertz CT molecular complexity index is 1030. The molecule has 1 aliphatic heterocycles. The maximum Gasteiger partial charge on any atom is 0.295 e. The third kappa shape index (κ3) is 4.83. The second-order valence-corrected chi connectivity index (χ2v) is 8.17. The number of carbonyl (C=O) groups excluding carboxylic acids is 2. The highest BCUT2D eigenvalue weighted by Crippen LogP contribution is 2.40. The van der Waals surface area contributed by atoms with Gasteiger partial charge >= 0.3 is 0 Å². The number of Topliss-reactive ketones (excluding diaryl/α,β-unsaturated/α-hetero) is 1. The number of hydrogen-bond acceptors (Lipinski definition) is 5. The molecule has 1 heterocycles. The van der Waals surface area contributed by atoms with Gasteiger partial charge in [-0.2, -0.15) is 0 Å². The molecule has 6 nitrogen and oxygen atoms in total. The Kier molecular flexibility index (Phi) is 7.30. The maximum absolute atomic E-state index is 13.6. The summed E-state index contributed by atoms with van der Waals surface area (Å²) in [4.78, 5) is 29.3. The first kappa shape index (κ1) is 23.5. The van der Waals surface area contributed by atoms with E-state index in [1.54, 1.807) is 18.2 Å². The van der Waals surface area contributed by atoms with E-state index in [4.69, 9.17) is 4.74 Å². The molecule has 170 valence electrons. The summed E-state index contributed by atoms with van der Waals surface area (Å²) in [5.41, 5.74) is 1.73. The zero-order valence-corrected chi connectivity index (χ0v) is 18.9. The van der Waals surface area contributed by atoms with E-state index in [1.807, 2.05) is 32.8 Å². The fourth-order valence-corrected chi connectivity index (χ4v) is 3.77. The molecule has 0 saturated carbocycles. The Morgan fingerprint density at radius 2 is 1.84 bits per heavy atom. The Balaban J connectivity index is 2.10. The second-order valence-electron chi connectivity index (χ2n) is 8.17. The number of hydrogen-bond donors (Lipinski definition) is 1. The number of benzene rings is 2. The lowest BCUT2D eigenvalue weighted by atomic mass is 9.94. The highest BCUT2D eigenvalue weighted by molar-refractivity contribution is 6.46. The third-order valence-electron chi connectivity index (χ3n) is 5.44. The van der Waals surface area contributed by atoms with Gasteiger partial charge in [0, 0.05) is 18.7 Å². The predicted octanol–water partition coefficient (Wildman–Crippen LogP) is 3.91. The van der Waals surface area contributed by atoms with Crippen molar-refractivity contribution in [2.75, 3.05) is 33.8 Å². The molecule has 1 atom stereocenters. The lowest BCUT2D eigenvalue weighted by Crippen LogP contribution is -2.35. The summed E-state index contributed by atoms with van der Waals surface area (Å²) in [6.45, 7) is 5.22. The highest BCUT2D eigenvalue weighted by Gasteiger charge is 2.46. The molecular weight excluding hydrogens is 411 g/mol. The average molecular weight is 441 g/mol. The molecule has 1 fully saturated rings. The number of likely N-dealkylation sites (tertiary alicyclic amines) is 1. The molecule has 0 spiro atoms. The van der Waals surface area contributed by atoms with Crippen molar-refractivity contribution in [3.05, 3.63) is 70.5 Å². The number of aryl methyl sites for hydroxylation is 1. The van der Waals surface area contributed by atoms with Crippen molar-refractivity contribution in [1.82, 2.24) is 9.80 Å². The Hall–Kier alpha value is -3.19. The minimum Gasteiger partial charge on any atom is -0.507 e. The zero-order chi connectivity index (χ0) is 23.4. The van der Waals surface area contributed by atoms with Crippen molar-refractivity contribution in [3.8, 4) is 5.75 Å². The van der Waals surface area contributed by atoms with Crippen LogP contribution in [0.5, 0.6) is 5.75 Å². The molecule has 7 heteroatoms. The van der Waals surface area contributed by atoms with E-state index < -0.39 is 23.5 Å². The number of nitrogens with zero attached hydrogens (tertiary/aromatic N) is 2. The van der Waals surface area contributed by atoms with Gasteiger partial charge in [0.25, 0.3) is 11.7 Å². The Morgan fingerprint density at radius 3 is 2.44 bits per heavy atom. The van der Waals surface area contributed by atoms with E-state index in [-0.39, 0.29) is 11.3 Å². The molecule has 0 aliphatic carbocycles. The molecule has 1 aliphatic rings. The summed E-state index contributed by atoms with van der Waals surface area (Å²) >= 11 is 0. The number of ether oxygens (including phenoxy) is 1. The number of rotatable bonds is 8. The standard InChI is InChI=1S/C25H29FN2O4/c1-5-14-32-19-10-11-20(16(2)15-19)23(29)21-22(17-6-8-18(26)9-7-17)28(13-12-27(3)4)25(31)24(21)30/h6-11,15,22,29H,5,12-14H2,1-4H3/b23-21-. The highest BCUT2D eigenvalue weighted by atomic mass is 19.1. The topological polar surface area (TPSA) is 70.1 Å². The minimum absolute atomic E-state index is 0.00527. The Morgan fingerprint density at radius 1 is 1.16 bits per heavy atom. The van der Waals surface area contributed by atoms with Crippen LogP contribution in [0.1, 0.15) is 36.1 Å². The first-order chi connectivity index (χ1) is 15.2. The van der Waals surface area contributed by atoms with E-state index in [2.05, 4.69) is 0 Å². The molecule has 1 N–H and O–H groups in total. The van der Waals surface area contributed by atoms with E-state index in [0.29, 0.717) is 42.1 Å². The van der Waals surface area contributed by atoms with Gasteiger partial charge in [0.05, 0.1) is 18.2 Å². The van der Waals surface area contributed by atoms with E-state index in [9.17, 15) is 19.1 Å². The quantitative estimate of drug-likeness (QED) is 0.383. The third-order valence-corrected chi connectivity index (χ3v) is 5.44. The molecule has 1 amide bonds. The summed E-state index contributed by atoms with van der Waals surface area (Å²) in [5.74, 6) is -1.42. The van der Waals surface area contributed by atoms with Crippen LogP contribution in [-0.2, 0) is 9.59 Å². The van der Waals surface area contributed by atoms with Gasteiger partial charge in [-0.1, -0.05) is 19.1 Å². The van der Waals surface area contributed by atoms with Crippen LogP contribution in [0, 0.1) is 12.7 Å². The molecule has 3 rings (SSSR count). The number of amides is 1. The first-order valence-corrected chi connectivity index (χ1v) is 10.7. The van der Waals surface area contributed by atoms with Gasteiger partial charge in [-0.15, -0.1) is 0 Å².